The second kappa shape index (κ2) is 10.4. The fourth-order valence-corrected chi connectivity index (χ4v) is 3.26. The summed E-state index contributed by atoms with van der Waals surface area (Å²) in [6.07, 6.45) is 8.50. The van der Waals surface area contributed by atoms with Gasteiger partial charge in [0.15, 0.2) is 0 Å². The van der Waals surface area contributed by atoms with Gasteiger partial charge in [-0.25, -0.2) is 4.98 Å². The summed E-state index contributed by atoms with van der Waals surface area (Å²) in [7, 11) is 0. The zero-order chi connectivity index (χ0) is 19.6. The summed E-state index contributed by atoms with van der Waals surface area (Å²) in [5.41, 5.74) is 3.41. The van der Waals surface area contributed by atoms with Gasteiger partial charge in [0.05, 0.1) is 0 Å². The quantitative estimate of drug-likeness (QED) is 0.659. The number of nitrogens with one attached hydrogen (secondary N) is 2. The molecule has 0 radical (unpaired) electrons. The Labute approximate surface area is 166 Å². The van der Waals surface area contributed by atoms with Gasteiger partial charge in [0.1, 0.15) is 24.1 Å². The molecule has 144 valence electrons. The van der Waals surface area contributed by atoms with E-state index in [0.717, 1.165) is 43.1 Å². The maximum atomic E-state index is 9.20. The highest BCUT2D eigenvalue weighted by molar-refractivity contribution is 5.72. The Morgan fingerprint density at radius 2 is 2.29 bits per heavy atom. The van der Waals surface area contributed by atoms with Gasteiger partial charge in [-0.1, -0.05) is 36.9 Å². The molecule has 2 N–H and O–H groups in total. The van der Waals surface area contributed by atoms with Crippen molar-refractivity contribution in [2.24, 2.45) is 5.92 Å². The Morgan fingerprint density at radius 3 is 3.07 bits per heavy atom. The number of benzene rings is 1. The maximum absolute atomic E-state index is 9.20. The van der Waals surface area contributed by atoms with E-state index >= 15 is 0 Å². The molecule has 1 aromatic heterocycles. The third-order valence-corrected chi connectivity index (χ3v) is 4.68. The molecule has 0 amide bonds. The molecule has 1 fully saturated rings. The summed E-state index contributed by atoms with van der Waals surface area (Å²) in [4.78, 5) is 4.10. The molecule has 0 bridgehead atoms. The zero-order valence-corrected chi connectivity index (χ0v) is 16.0. The van der Waals surface area contributed by atoms with Gasteiger partial charge >= 0.3 is 0 Å². The minimum absolute atomic E-state index is 0.421. The van der Waals surface area contributed by atoms with Crippen molar-refractivity contribution in [3.63, 3.8) is 0 Å². The molecular weight excluding hydrogens is 348 g/mol. The molecule has 2 heterocycles. The predicted molar refractivity (Wildman–Crippen MR) is 113 cm³/mol. The van der Waals surface area contributed by atoms with E-state index in [4.69, 9.17) is 4.74 Å². The van der Waals surface area contributed by atoms with Crippen LogP contribution >= 0.6 is 0 Å². The summed E-state index contributed by atoms with van der Waals surface area (Å²) >= 11 is 0. The van der Waals surface area contributed by atoms with Crippen molar-refractivity contribution in [2.75, 3.05) is 26.2 Å². The van der Waals surface area contributed by atoms with E-state index in [0.29, 0.717) is 18.2 Å². The van der Waals surface area contributed by atoms with Crippen LogP contribution in [0.5, 0.6) is 5.75 Å². The Morgan fingerprint density at radius 1 is 1.36 bits per heavy atom. The second-order valence-corrected chi connectivity index (χ2v) is 6.89. The monoisotopic (exact) mass is 374 g/mol. The Hall–Kier alpha value is -2.94. The van der Waals surface area contributed by atoms with Gasteiger partial charge in [0.2, 0.25) is 0 Å². The van der Waals surface area contributed by atoms with Crippen molar-refractivity contribution in [3.05, 3.63) is 71.6 Å². The average Bonchev–Trinajstić information content (AvgIpc) is 3.24. The van der Waals surface area contributed by atoms with Gasteiger partial charge in [-0.05, 0) is 61.3 Å². The molecule has 1 unspecified atom stereocenters. The summed E-state index contributed by atoms with van der Waals surface area (Å²) in [6.45, 7) is 8.19. The van der Waals surface area contributed by atoms with Crippen LogP contribution < -0.4 is 15.4 Å². The Balaban J connectivity index is 1.73. The third-order valence-electron chi connectivity index (χ3n) is 4.68. The standard InChI is InChI=1S/C23H26N4O/c1-2-10-28-22-12-18(5-6-21-4-3-8-27-23(21)14-24)11-20(13-22)17-26-16-19-7-9-25-15-19/h2-6,8,11-13,19,25-26H,1,7,9-10,15-17H2/b6-5+. The molecule has 5 nitrogen and oxygen atoms in total. The number of pyridine rings is 1. The molecule has 0 saturated carbocycles. The number of hydrogen-bond acceptors (Lipinski definition) is 5. The van der Waals surface area contributed by atoms with Crippen LogP contribution in [0.15, 0.2) is 49.2 Å². The minimum atomic E-state index is 0.421. The van der Waals surface area contributed by atoms with E-state index in [1.54, 1.807) is 12.3 Å². The molecule has 1 aliphatic heterocycles. The van der Waals surface area contributed by atoms with Crippen molar-refractivity contribution in [3.8, 4) is 11.8 Å². The first-order valence-electron chi connectivity index (χ1n) is 9.61. The molecular formula is C23H26N4O. The van der Waals surface area contributed by atoms with Gasteiger partial charge in [0.25, 0.3) is 0 Å². The smallest absolute Gasteiger partial charge is 0.147 e. The van der Waals surface area contributed by atoms with E-state index < -0.39 is 0 Å². The Bertz CT molecular complexity index is 863. The highest BCUT2D eigenvalue weighted by atomic mass is 16.5. The number of rotatable bonds is 9. The van der Waals surface area contributed by atoms with Crippen LogP contribution in [0, 0.1) is 17.2 Å². The highest BCUT2D eigenvalue weighted by Crippen LogP contribution is 2.20. The van der Waals surface area contributed by atoms with E-state index in [1.165, 1.54) is 12.0 Å². The maximum Gasteiger partial charge on any atom is 0.147 e. The van der Waals surface area contributed by atoms with Crippen LogP contribution in [0.4, 0.5) is 0 Å². The van der Waals surface area contributed by atoms with Gasteiger partial charge in [0, 0.05) is 18.3 Å². The number of nitrogens with zero attached hydrogens (tertiary/aromatic N) is 2. The normalized spacial score (nSPS) is 16.2. The molecule has 0 spiro atoms. The minimum Gasteiger partial charge on any atom is -0.490 e. The lowest BCUT2D eigenvalue weighted by atomic mass is 10.1. The summed E-state index contributed by atoms with van der Waals surface area (Å²) in [5, 5.41) is 16.2. The van der Waals surface area contributed by atoms with E-state index in [-0.39, 0.29) is 0 Å². The molecule has 1 aliphatic rings. The van der Waals surface area contributed by atoms with Crippen molar-refractivity contribution in [1.82, 2.24) is 15.6 Å². The van der Waals surface area contributed by atoms with E-state index in [9.17, 15) is 5.26 Å². The first kappa shape index (κ1) is 19.8. The number of nitriles is 1. The summed E-state index contributed by atoms with van der Waals surface area (Å²) in [5.74, 6) is 1.52. The molecule has 1 aromatic carbocycles. The van der Waals surface area contributed by atoms with E-state index in [1.807, 2.05) is 30.4 Å². The molecule has 1 atom stereocenters. The van der Waals surface area contributed by atoms with Crippen molar-refractivity contribution < 1.29 is 4.74 Å². The van der Waals surface area contributed by atoms with Crippen LogP contribution in [0.25, 0.3) is 12.2 Å². The molecule has 1 saturated heterocycles. The lowest BCUT2D eigenvalue weighted by Crippen LogP contribution is -2.24. The van der Waals surface area contributed by atoms with Gasteiger partial charge in [-0.15, -0.1) is 0 Å². The molecule has 28 heavy (non-hydrogen) atoms. The van der Waals surface area contributed by atoms with Crippen LogP contribution in [-0.2, 0) is 6.54 Å². The Kier molecular flexibility index (Phi) is 7.36. The van der Waals surface area contributed by atoms with Crippen molar-refractivity contribution >= 4 is 12.2 Å². The van der Waals surface area contributed by atoms with Gasteiger partial charge in [-0.2, -0.15) is 5.26 Å². The average molecular weight is 374 g/mol. The lowest BCUT2D eigenvalue weighted by molar-refractivity contribution is 0.362. The van der Waals surface area contributed by atoms with Crippen LogP contribution in [0.2, 0.25) is 0 Å². The van der Waals surface area contributed by atoms with Gasteiger partial charge < -0.3 is 15.4 Å². The molecule has 5 heteroatoms. The number of ether oxygens (including phenoxy) is 1. The zero-order valence-electron chi connectivity index (χ0n) is 16.0. The van der Waals surface area contributed by atoms with E-state index in [2.05, 4.69) is 40.4 Å². The molecule has 2 aromatic rings. The predicted octanol–water partition coefficient (Wildman–Crippen LogP) is 3.39. The summed E-state index contributed by atoms with van der Waals surface area (Å²) in [6, 6.07) is 12.0. The first-order chi connectivity index (χ1) is 13.8. The SMILES string of the molecule is C=CCOc1cc(/C=C/c2cccnc2C#N)cc(CNCC2CCNC2)c1. The number of aromatic nitrogens is 1. The lowest BCUT2D eigenvalue weighted by Gasteiger charge is -2.12. The van der Waals surface area contributed by atoms with Crippen molar-refractivity contribution in [2.45, 2.75) is 13.0 Å². The fourth-order valence-electron chi connectivity index (χ4n) is 3.26. The summed E-state index contributed by atoms with van der Waals surface area (Å²) < 4.78 is 5.76. The molecule has 0 aliphatic carbocycles. The largest absolute Gasteiger partial charge is 0.490 e. The highest BCUT2D eigenvalue weighted by Gasteiger charge is 2.13. The van der Waals surface area contributed by atoms with Crippen LogP contribution in [0.1, 0.15) is 28.8 Å². The van der Waals surface area contributed by atoms with Gasteiger partial charge in [-0.3, -0.25) is 0 Å². The second-order valence-electron chi connectivity index (χ2n) is 6.89. The fraction of sp³-hybridized carbons (Fsp3) is 0.304. The first-order valence-corrected chi connectivity index (χ1v) is 9.61. The third kappa shape index (κ3) is 5.78. The van der Waals surface area contributed by atoms with Crippen LogP contribution in [-0.4, -0.2) is 31.2 Å². The van der Waals surface area contributed by atoms with Crippen molar-refractivity contribution in [1.29, 1.82) is 5.26 Å². The van der Waals surface area contributed by atoms with Crippen LogP contribution in [0.3, 0.4) is 0 Å². The molecule has 3 rings (SSSR count). The number of hydrogen-bond donors (Lipinski definition) is 2. The topological polar surface area (TPSA) is 70.0 Å².